The van der Waals surface area contributed by atoms with Gasteiger partial charge in [-0.2, -0.15) is 0 Å². The molecule has 92 valence electrons. The van der Waals surface area contributed by atoms with Gasteiger partial charge in [-0.15, -0.1) is 16.1 Å². The number of hydrogen-bond donors (Lipinski definition) is 0. The van der Waals surface area contributed by atoms with Crippen molar-refractivity contribution in [2.45, 2.75) is 52.4 Å². The topological polar surface area (TPSA) is 3.24 Å². The maximum absolute atomic E-state index is 2.53. The van der Waals surface area contributed by atoms with Gasteiger partial charge in [0.25, 0.3) is 0 Å². The Kier molecular flexibility index (Phi) is 4.65. The van der Waals surface area contributed by atoms with Crippen LogP contribution in [-0.4, -0.2) is 43.0 Å². The first-order valence-electron chi connectivity index (χ1n) is 5.87. The molecule has 0 rings (SSSR count). The van der Waals surface area contributed by atoms with E-state index < -0.39 is 24.4 Å². The summed E-state index contributed by atoms with van der Waals surface area (Å²) in [5.41, 5.74) is 0. The maximum atomic E-state index is 2.53. The van der Waals surface area contributed by atoms with Gasteiger partial charge in [-0.1, -0.05) is 52.4 Å². The van der Waals surface area contributed by atoms with Gasteiger partial charge in [0.2, 0.25) is 0 Å². The summed E-state index contributed by atoms with van der Waals surface area (Å²) >= 11 is 0. The van der Waals surface area contributed by atoms with Gasteiger partial charge in [-0.3, -0.25) is 4.79 Å². The number of rotatable bonds is 4. The molecule has 0 fully saturated rings. The smallest absolute Gasteiger partial charge is 0.0230 e. The molecule has 0 bridgehead atoms. The largest absolute Gasteiger partial charge is 0.357 e. The molecule has 0 radical (unpaired) electrons. The Hall–Kier alpha value is 0.611. The lowest BCUT2D eigenvalue weighted by Gasteiger charge is -2.63. The lowest BCUT2D eigenvalue weighted by Crippen LogP contribution is -2.65. The molecule has 4 heteroatoms. The molecule has 0 aliphatic rings. The molecule has 0 aromatic heterocycles. The Labute approximate surface area is 100 Å². The van der Waals surface area contributed by atoms with E-state index in [1.807, 2.05) is 4.79 Å². The van der Waals surface area contributed by atoms with Crippen molar-refractivity contribution in [3.8, 4) is 0 Å². The minimum Gasteiger partial charge on any atom is -0.357 e. The Balaban J connectivity index is 5.33. The Morgan fingerprint density at radius 1 is 0.667 bits per heavy atom. The molecule has 0 spiro atoms. The lowest BCUT2D eigenvalue weighted by molar-refractivity contribution is 0.627. The predicted octanol–water partition coefficient (Wildman–Crippen LogP) is 3.62. The average molecular weight is 261 g/mol. The van der Waals surface area contributed by atoms with E-state index in [9.17, 15) is 0 Å². The van der Waals surface area contributed by atoms with E-state index in [-0.39, 0.29) is 0 Å². The third-order valence-corrected chi connectivity index (χ3v) is 22.4. The van der Waals surface area contributed by atoms with E-state index in [0.29, 0.717) is 0 Å². The summed E-state index contributed by atoms with van der Waals surface area (Å²) in [4.78, 5) is 2.02. The molecule has 0 atom stereocenters. The van der Waals surface area contributed by atoms with Gasteiger partial charge in [0.15, 0.2) is 0 Å². The van der Waals surface area contributed by atoms with E-state index in [4.69, 9.17) is 0 Å². The van der Waals surface area contributed by atoms with Crippen LogP contribution >= 0.6 is 0 Å². The van der Waals surface area contributed by atoms with Crippen LogP contribution < -0.4 is 0 Å². The van der Waals surface area contributed by atoms with Crippen LogP contribution in [0.5, 0.6) is 0 Å². The van der Waals surface area contributed by atoms with Crippen molar-refractivity contribution < 1.29 is 0 Å². The van der Waals surface area contributed by atoms with Crippen LogP contribution in [-0.2, 0) is 0 Å². The molecule has 0 aromatic rings. The Bertz CT molecular complexity index is 197. The van der Waals surface area contributed by atoms with Gasteiger partial charge < -0.3 is 4.57 Å². The minimum absolute atomic E-state index is 1.12. The quantitative estimate of drug-likeness (QED) is 0.551. The highest BCUT2D eigenvalue weighted by Crippen LogP contribution is 2.37. The minimum atomic E-state index is -1.31. The van der Waals surface area contributed by atoms with E-state index in [1.54, 1.807) is 0 Å². The zero-order valence-corrected chi connectivity index (χ0v) is 15.4. The lowest BCUT2D eigenvalue weighted by atomic mass is 11.3. The second-order valence-electron chi connectivity index (χ2n) is 7.33. The Morgan fingerprint density at radius 3 is 1.00 bits per heavy atom. The molecule has 0 amide bonds. The maximum Gasteiger partial charge on any atom is -0.0230 e. The van der Waals surface area contributed by atoms with Crippen LogP contribution in [0.1, 0.15) is 0 Å². The van der Waals surface area contributed by atoms with E-state index in [0.717, 1.165) is 0 Å². The van der Waals surface area contributed by atoms with Crippen molar-refractivity contribution in [1.82, 2.24) is 4.57 Å². The molecule has 0 unspecified atom stereocenters. The van der Waals surface area contributed by atoms with Gasteiger partial charge in [0, 0.05) is 0 Å². The molecule has 0 N–H and O–H groups in total. The van der Waals surface area contributed by atoms with Crippen LogP contribution in [0.3, 0.4) is 0 Å². The van der Waals surface area contributed by atoms with Crippen LogP contribution in [0.4, 0.5) is 0 Å². The van der Waals surface area contributed by atoms with Crippen molar-refractivity contribution in [3.63, 3.8) is 0 Å². The molecule has 0 saturated heterocycles. The highest BCUT2D eigenvalue weighted by atomic mass is 28.5. The monoisotopic (exact) mass is 260 g/mol. The van der Waals surface area contributed by atoms with Gasteiger partial charge in [-0.05, 0) is 22.3 Å². The van der Waals surface area contributed by atoms with Crippen LogP contribution in [0.15, 0.2) is 0 Å². The van der Waals surface area contributed by atoms with Crippen LogP contribution in [0.2, 0.25) is 52.4 Å². The van der Waals surface area contributed by atoms with Crippen molar-refractivity contribution >= 4 is 24.4 Å². The zero-order chi connectivity index (χ0) is 12.7. The van der Waals surface area contributed by atoms with Gasteiger partial charge >= 0.3 is 0 Å². The fourth-order valence-corrected chi connectivity index (χ4v) is 28.7. The van der Waals surface area contributed by atoms with Gasteiger partial charge in [-0.25, -0.2) is 0 Å². The SMILES string of the molecule is CN(C)[Si](C)(C)[C-]([Si](C)(C)C)[Si](C)(C)C. The highest BCUT2D eigenvalue weighted by Gasteiger charge is 2.35. The van der Waals surface area contributed by atoms with Crippen molar-refractivity contribution in [2.24, 2.45) is 0 Å². The van der Waals surface area contributed by atoms with Crippen LogP contribution in [0.25, 0.3) is 0 Å². The van der Waals surface area contributed by atoms with Crippen molar-refractivity contribution in [3.05, 3.63) is 4.79 Å². The molecular weight excluding hydrogens is 230 g/mol. The molecular formula is C11H30NSi3-. The number of hydrogen-bond acceptors (Lipinski definition) is 1. The number of nitrogens with zero attached hydrogens (tertiary/aromatic N) is 1. The standard InChI is InChI=1S/C11H30NSi3/c1-12(2)15(9,10)11(13(3,4)5)14(6,7)8/h1-10H3/q-1. The third kappa shape index (κ3) is 3.84. The first-order valence-corrected chi connectivity index (χ1v) is 15.8. The zero-order valence-electron chi connectivity index (χ0n) is 12.4. The van der Waals surface area contributed by atoms with Crippen molar-refractivity contribution in [1.29, 1.82) is 0 Å². The van der Waals surface area contributed by atoms with Gasteiger partial charge in [0.1, 0.15) is 0 Å². The van der Waals surface area contributed by atoms with E-state index in [1.165, 1.54) is 0 Å². The molecule has 15 heavy (non-hydrogen) atoms. The fourth-order valence-electron chi connectivity index (χ4n) is 3.18. The summed E-state index contributed by atoms with van der Waals surface area (Å²) in [5, 5.41) is 0. The summed E-state index contributed by atoms with van der Waals surface area (Å²) < 4.78 is 2.53. The predicted molar refractivity (Wildman–Crippen MR) is 81.1 cm³/mol. The molecule has 0 saturated carbocycles. The average Bonchev–Trinajstić information content (AvgIpc) is 1.76. The van der Waals surface area contributed by atoms with E-state index in [2.05, 4.69) is 71.0 Å². The first-order chi connectivity index (χ1) is 6.31. The molecule has 1 nitrogen and oxygen atoms in total. The summed E-state index contributed by atoms with van der Waals surface area (Å²) in [6.45, 7) is 20.2. The van der Waals surface area contributed by atoms with E-state index >= 15 is 0 Å². The molecule has 0 aliphatic heterocycles. The van der Waals surface area contributed by atoms with Crippen molar-refractivity contribution in [2.75, 3.05) is 14.1 Å². The summed E-state index contributed by atoms with van der Waals surface area (Å²) in [5.74, 6) is 0. The third-order valence-electron chi connectivity index (χ3n) is 3.23. The molecule has 0 heterocycles. The normalized spacial score (nSPS) is 15.2. The second-order valence-corrected chi connectivity index (χ2v) is 23.3. The molecule has 0 aromatic carbocycles. The summed E-state index contributed by atoms with van der Waals surface area (Å²) in [6.07, 6.45) is 0. The fraction of sp³-hybridized carbons (Fsp3) is 0.909. The second kappa shape index (κ2) is 4.47. The van der Waals surface area contributed by atoms with Gasteiger partial charge in [0.05, 0.1) is 0 Å². The van der Waals surface area contributed by atoms with Crippen LogP contribution in [0, 0.1) is 4.79 Å². The Morgan fingerprint density at radius 2 is 0.933 bits per heavy atom. The highest BCUT2D eigenvalue weighted by molar-refractivity contribution is 7.18. The molecule has 0 aliphatic carbocycles. The summed E-state index contributed by atoms with van der Waals surface area (Å²) in [6, 6.07) is 0. The first kappa shape index (κ1) is 15.6. The summed E-state index contributed by atoms with van der Waals surface area (Å²) in [7, 11) is 0.990.